The molecule has 3 aromatic carbocycles. The number of nitrogens with zero attached hydrogens (tertiary/aromatic N) is 4. The molecule has 4 nitrogen and oxygen atoms in total. The summed E-state index contributed by atoms with van der Waals surface area (Å²) in [6.45, 7) is 3.63. The molecule has 1 aliphatic heterocycles. The van der Waals surface area contributed by atoms with Crippen LogP contribution in [0.3, 0.4) is 0 Å². The van der Waals surface area contributed by atoms with Crippen molar-refractivity contribution in [1.29, 1.82) is 10.5 Å². The van der Waals surface area contributed by atoms with Crippen LogP contribution in [-0.4, -0.2) is 36.0 Å². The predicted molar refractivity (Wildman–Crippen MR) is 130 cm³/mol. The van der Waals surface area contributed by atoms with Gasteiger partial charge in [-0.15, -0.1) is 0 Å². The highest BCUT2D eigenvalue weighted by Crippen LogP contribution is 2.39. The minimum atomic E-state index is 0.171. The summed E-state index contributed by atoms with van der Waals surface area (Å²) in [6.07, 6.45) is 2.02. The summed E-state index contributed by atoms with van der Waals surface area (Å²) in [5.74, 6) is 0. The van der Waals surface area contributed by atoms with Crippen LogP contribution in [0.4, 0.5) is 0 Å². The maximum atomic E-state index is 9.44. The first-order valence-electron chi connectivity index (χ1n) is 11.2. The molecule has 1 saturated heterocycles. The van der Waals surface area contributed by atoms with Crippen molar-refractivity contribution in [2.75, 3.05) is 26.2 Å². The van der Waals surface area contributed by atoms with Gasteiger partial charge in [-0.1, -0.05) is 84.9 Å². The standard InChI is InChI=1S/C29H24N4/c30-20-24(21-31)27-19-28(26-14-8-7-13-25(26)27)32-15-17-33(18-16-32)29(22-9-3-1-4-10-22)23-11-5-2-6-12-23/h1-14,19,29H,15-18H2. The van der Waals surface area contributed by atoms with E-state index < -0.39 is 0 Å². The van der Waals surface area contributed by atoms with E-state index in [0.29, 0.717) is 0 Å². The SMILES string of the molecule is N#CC(C#N)=C1C=C(N2CCN(C(c3ccccc3)c3ccccc3)CC2)c2ccccc21. The number of nitriles is 2. The second-order valence-corrected chi connectivity index (χ2v) is 8.33. The molecular formula is C29H24N4. The van der Waals surface area contributed by atoms with E-state index in [2.05, 4.69) is 88.7 Å². The third-order valence-corrected chi connectivity index (χ3v) is 6.52. The third-order valence-electron chi connectivity index (χ3n) is 6.52. The maximum Gasteiger partial charge on any atom is 0.137 e. The van der Waals surface area contributed by atoms with Crippen molar-refractivity contribution in [1.82, 2.24) is 9.80 Å². The zero-order valence-corrected chi connectivity index (χ0v) is 18.4. The Kier molecular flexibility index (Phi) is 5.77. The van der Waals surface area contributed by atoms with Crippen molar-refractivity contribution >= 4 is 11.3 Å². The van der Waals surface area contributed by atoms with E-state index in [1.54, 1.807) is 0 Å². The van der Waals surface area contributed by atoms with Gasteiger partial charge in [0.25, 0.3) is 0 Å². The fourth-order valence-electron chi connectivity index (χ4n) is 4.95. The van der Waals surface area contributed by atoms with E-state index in [1.807, 2.05) is 24.3 Å². The van der Waals surface area contributed by atoms with Crippen molar-refractivity contribution in [3.05, 3.63) is 119 Å². The fourth-order valence-corrected chi connectivity index (χ4v) is 4.95. The molecular weight excluding hydrogens is 404 g/mol. The monoisotopic (exact) mass is 428 g/mol. The Morgan fingerprint density at radius 2 is 1.18 bits per heavy atom. The van der Waals surface area contributed by atoms with Crippen molar-refractivity contribution in [2.45, 2.75) is 6.04 Å². The van der Waals surface area contributed by atoms with E-state index in [0.717, 1.165) is 48.6 Å². The number of rotatable bonds is 4. The number of piperazine rings is 1. The van der Waals surface area contributed by atoms with Crippen molar-refractivity contribution in [3.8, 4) is 12.1 Å². The lowest BCUT2D eigenvalue weighted by Crippen LogP contribution is -2.46. The zero-order valence-electron chi connectivity index (χ0n) is 18.4. The Morgan fingerprint density at radius 3 is 1.73 bits per heavy atom. The van der Waals surface area contributed by atoms with Crippen LogP contribution in [-0.2, 0) is 0 Å². The third kappa shape index (κ3) is 3.94. The molecule has 1 heterocycles. The van der Waals surface area contributed by atoms with Crippen LogP contribution in [0.25, 0.3) is 11.3 Å². The molecule has 0 atom stereocenters. The van der Waals surface area contributed by atoms with Crippen LogP contribution in [0.1, 0.15) is 28.3 Å². The van der Waals surface area contributed by atoms with Gasteiger partial charge in [-0.3, -0.25) is 4.90 Å². The summed E-state index contributed by atoms with van der Waals surface area (Å²) in [4.78, 5) is 4.94. The first-order chi connectivity index (χ1) is 16.3. The molecule has 0 N–H and O–H groups in total. The summed E-state index contributed by atoms with van der Waals surface area (Å²) in [6, 6.07) is 33.8. The van der Waals surface area contributed by atoms with Gasteiger partial charge in [0.05, 0.1) is 6.04 Å². The summed E-state index contributed by atoms with van der Waals surface area (Å²) in [7, 11) is 0. The predicted octanol–water partition coefficient (Wildman–Crippen LogP) is 5.25. The minimum absolute atomic E-state index is 0.171. The lowest BCUT2D eigenvalue weighted by Gasteiger charge is -2.41. The highest BCUT2D eigenvalue weighted by Gasteiger charge is 2.30. The molecule has 0 saturated carbocycles. The first-order valence-corrected chi connectivity index (χ1v) is 11.2. The van der Waals surface area contributed by atoms with E-state index in [1.165, 1.54) is 11.1 Å². The average Bonchev–Trinajstić information content (AvgIpc) is 3.26. The average molecular weight is 429 g/mol. The second-order valence-electron chi connectivity index (χ2n) is 8.33. The van der Waals surface area contributed by atoms with E-state index >= 15 is 0 Å². The van der Waals surface area contributed by atoms with Crippen molar-refractivity contribution in [3.63, 3.8) is 0 Å². The van der Waals surface area contributed by atoms with E-state index in [9.17, 15) is 10.5 Å². The van der Waals surface area contributed by atoms with Gasteiger partial charge in [0, 0.05) is 43.0 Å². The lowest BCUT2D eigenvalue weighted by molar-refractivity contribution is 0.145. The summed E-state index contributed by atoms with van der Waals surface area (Å²) >= 11 is 0. The Labute approximate surface area is 194 Å². The van der Waals surface area contributed by atoms with Crippen LogP contribution in [0.5, 0.6) is 0 Å². The van der Waals surface area contributed by atoms with Crippen molar-refractivity contribution in [2.24, 2.45) is 0 Å². The molecule has 0 amide bonds. The molecule has 2 aliphatic rings. The van der Waals surface area contributed by atoms with Gasteiger partial charge in [0.15, 0.2) is 0 Å². The van der Waals surface area contributed by atoms with Crippen LogP contribution in [0.2, 0.25) is 0 Å². The Balaban J connectivity index is 1.42. The Morgan fingerprint density at radius 1 is 0.667 bits per heavy atom. The molecule has 3 aromatic rings. The van der Waals surface area contributed by atoms with Crippen molar-refractivity contribution < 1.29 is 0 Å². The van der Waals surface area contributed by atoms with Gasteiger partial charge in [0.1, 0.15) is 17.7 Å². The van der Waals surface area contributed by atoms with Gasteiger partial charge < -0.3 is 4.90 Å². The molecule has 0 spiro atoms. The van der Waals surface area contributed by atoms with Crippen LogP contribution in [0.15, 0.2) is 96.6 Å². The molecule has 5 rings (SSSR count). The number of fused-ring (bicyclic) bond motifs is 1. The first kappa shape index (κ1) is 20.8. The normalized spacial score (nSPS) is 15.5. The van der Waals surface area contributed by atoms with Gasteiger partial charge in [-0.05, 0) is 22.8 Å². The molecule has 0 unspecified atom stereocenters. The van der Waals surface area contributed by atoms with Crippen LogP contribution < -0.4 is 0 Å². The molecule has 0 aromatic heterocycles. The number of benzene rings is 3. The molecule has 1 fully saturated rings. The smallest absolute Gasteiger partial charge is 0.137 e. The van der Waals surface area contributed by atoms with E-state index in [4.69, 9.17) is 0 Å². The maximum absolute atomic E-state index is 9.44. The van der Waals surface area contributed by atoms with Crippen LogP contribution >= 0.6 is 0 Å². The highest BCUT2D eigenvalue weighted by molar-refractivity contribution is 5.98. The Bertz CT molecular complexity index is 1230. The topological polar surface area (TPSA) is 54.1 Å². The van der Waals surface area contributed by atoms with Crippen LogP contribution in [0, 0.1) is 22.7 Å². The lowest BCUT2D eigenvalue weighted by atomic mass is 9.96. The van der Waals surface area contributed by atoms with E-state index in [-0.39, 0.29) is 11.6 Å². The second kappa shape index (κ2) is 9.17. The largest absolute Gasteiger partial charge is 0.368 e. The summed E-state index contributed by atoms with van der Waals surface area (Å²) in [5, 5.41) is 18.9. The van der Waals surface area contributed by atoms with Gasteiger partial charge in [-0.2, -0.15) is 10.5 Å². The Hall–Kier alpha value is -4.12. The molecule has 4 heteroatoms. The van der Waals surface area contributed by atoms with Gasteiger partial charge in [-0.25, -0.2) is 0 Å². The van der Waals surface area contributed by atoms with Gasteiger partial charge >= 0.3 is 0 Å². The quantitative estimate of drug-likeness (QED) is 0.533. The minimum Gasteiger partial charge on any atom is -0.368 e. The fraction of sp³-hybridized carbons (Fsp3) is 0.172. The zero-order chi connectivity index (χ0) is 22.6. The molecule has 33 heavy (non-hydrogen) atoms. The molecule has 0 radical (unpaired) electrons. The highest BCUT2D eigenvalue weighted by atomic mass is 15.3. The molecule has 0 bridgehead atoms. The summed E-state index contributed by atoms with van der Waals surface area (Å²) in [5.41, 5.74) is 6.70. The summed E-state index contributed by atoms with van der Waals surface area (Å²) < 4.78 is 0. The molecule has 1 aliphatic carbocycles. The van der Waals surface area contributed by atoms with Gasteiger partial charge in [0.2, 0.25) is 0 Å². The number of allylic oxidation sites excluding steroid dienone is 3. The number of hydrogen-bond donors (Lipinski definition) is 0. The number of hydrogen-bond acceptors (Lipinski definition) is 4. The molecule has 160 valence electrons.